The third-order valence-electron chi connectivity index (χ3n) is 3.83. The predicted molar refractivity (Wildman–Crippen MR) is 96.6 cm³/mol. The van der Waals surface area contributed by atoms with Crippen molar-refractivity contribution in [2.45, 2.75) is 52.5 Å². The number of hydrogen-bond acceptors (Lipinski definition) is 5. The summed E-state index contributed by atoms with van der Waals surface area (Å²) in [5, 5.41) is 5.22. The molecule has 116 valence electrons. The summed E-state index contributed by atoms with van der Waals surface area (Å²) in [6.07, 6.45) is 0. The zero-order chi connectivity index (χ0) is 15.6. The Bertz CT molecular complexity index is 619. The van der Waals surface area contributed by atoms with Gasteiger partial charge in [-0.05, 0) is 32.3 Å². The van der Waals surface area contributed by atoms with Crippen LogP contribution in [0.5, 0.6) is 0 Å². The predicted octanol–water partition coefficient (Wildman–Crippen LogP) is 5.02. The first-order chi connectivity index (χ1) is 9.93. The molecule has 2 aromatic rings. The molecule has 0 bridgehead atoms. The van der Waals surface area contributed by atoms with Crippen molar-refractivity contribution in [3.05, 3.63) is 16.3 Å². The number of aryl methyl sites for hydroxylation is 2. The average molecular weight is 324 g/mol. The number of hydrogen-bond donors (Lipinski definition) is 1. The molecular formula is C16H25N3S2. The summed E-state index contributed by atoms with van der Waals surface area (Å²) in [4.78, 5) is 12.0. The lowest BCUT2D eigenvalue weighted by Crippen LogP contribution is -2.08. The number of rotatable bonds is 6. The van der Waals surface area contributed by atoms with Crippen molar-refractivity contribution in [2.75, 3.05) is 11.9 Å². The van der Waals surface area contributed by atoms with Crippen molar-refractivity contribution in [3.63, 3.8) is 0 Å². The molecule has 0 aliphatic rings. The Kier molecular flexibility index (Phi) is 5.49. The van der Waals surface area contributed by atoms with Gasteiger partial charge in [0, 0.05) is 16.7 Å². The van der Waals surface area contributed by atoms with Crippen LogP contribution in [0.1, 0.15) is 44.0 Å². The van der Waals surface area contributed by atoms with Gasteiger partial charge in [0.1, 0.15) is 16.5 Å². The van der Waals surface area contributed by atoms with Gasteiger partial charge in [-0.15, -0.1) is 11.3 Å². The van der Waals surface area contributed by atoms with Crippen LogP contribution in [0, 0.1) is 19.8 Å². The lowest BCUT2D eigenvalue weighted by atomic mass is 10.2. The fourth-order valence-corrected chi connectivity index (χ4v) is 4.03. The quantitative estimate of drug-likeness (QED) is 0.810. The van der Waals surface area contributed by atoms with E-state index in [-0.39, 0.29) is 0 Å². The topological polar surface area (TPSA) is 37.8 Å². The summed E-state index contributed by atoms with van der Waals surface area (Å²) < 4.78 is 0. The first kappa shape index (κ1) is 16.6. The van der Waals surface area contributed by atoms with Crippen LogP contribution >= 0.6 is 23.1 Å². The number of aromatic nitrogens is 2. The highest BCUT2D eigenvalue weighted by Crippen LogP contribution is 2.34. The number of thioether (sulfide) groups is 1. The van der Waals surface area contributed by atoms with Crippen molar-refractivity contribution < 1.29 is 0 Å². The van der Waals surface area contributed by atoms with Crippen LogP contribution in [0.2, 0.25) is 0 Å². The molecule has 0 aliphatic heterocycles. The van der Waals surface area contributed by atoms with Crippen molar-refractivity contribution >= 4 is 39.1 Å². The molecule has 2 aromatic heterocycles. The third kappa shape index (κ3) is 3.69. The molecule has 1 atom stereocenters. The molecule has 2 rings (SSSR count). The zero-order valence-corrected chi connectivity index (χ0v) is 15.4. The van der Waals surface area contributed by atoms with Crippen molar-refractivity contribution in [1.29, 1.82) is 0 Å². The Morgan fingerprint density at radius 2 is 1.90 bits per heavy atom. The molecule has 0 aromatic carbocycles. The summed E-state index contributed by atoms with van der Waals surface area (Å²) in [7, 11) is 0. The van der Waals surface area contributed by atoms with Gasteiger partial charge < -0.3 is 5.32 Å². The molecule has 5 heteroatoms. The first-order valence-corrected chi connectivity index (χ1v) is 9.42. The van der Waals surface area contributed by atoms with Crippen LogP contribution in [-0.2, 0) is 5.75 Å². The van der Waals surface area contributed by atoms with E-state index < -0.39 is 0 Å². The molecule has 2 heterocycles. The molecule has 0 aliphatic carbocycles. The molecule has 1 unspecified atom stereocenters. The third-order valence-corrected chi connectivity index (χ3v) is 6.43. The minimum Gasteiger partial charge on any atom is -0.370 e. The number of nitrogens with one attached hydrogen (secondary N) is 1. The van der Waals surface area contributed by atoms with Gasteiger partial charge in [0.25, 0.3) is 0 Å². The highest BCUT2D eigenvalue weighted by Gasteiger charge is 2.15. The average Bonchev–Trinajstić information content (AvgIpc) is 2.71. The van der Waals surface area contributed by atoms with Crippen molar-refractivity contribution in [3.8, 4) is 0 Å². The van der Waals surface area contributed by atoms with Gasteiger partial charge in [-0.3, -0.25) is 0 Å². The van der Waals surface area contributed by atoms with Gasteiger partial charge in [-0.1, -0.05) is 20.8 Å². The minimum absolute atomic E-state index is 0.624. The molecule has 0 spiro atoms. The van der Waals surface area contributed by atoms with Gasteiger partial charge in [0.2, 0.25) is 0 Å². The fourth-order valence-electron chi connectivity index (χ4n) is 2.05. The fraction of sp³-hybridized carbons (Fsp3) is 0.625. The minimum atomic E-state index is 0.624. The van der Waals surface area contributed by atoms with Crippen LogP contribution in [0.15, 0.2) is 0 Å². The highest BCUT2D eigenvalue weighted by molar-refractivity contribution is 7.99. The normalized spacial score (nSPS) is 13.1. The summed E-state index contributed by atoms with van der Waals surface area (Å²) >= 11 is 3.71. The Morgan fingerprint density at radius 1 is 1.19 bits per heavy atom. The van der Waals surface area contributed by atoms with E-state index in [1.165, 1.54) is 15.8 Å². The number of thiophene rings is 1. The molecular weight excluding hydrogens is 298 g/mol. The molecule has 0 radical (unpaired) electrons. The van der Waals surface area contributed by atoms with Crippen LogP contribution in [0.4, 0.5) is 5.82 Å². The molecule has 1 N–H and O–H groups in total. The maximum atomic E-state index is 4.78. The van der Waals surface area contributed by atoms with Crippen LogP contribution < -0.4 is 5.32 Å². The monoisotopic (exact) mass is 323 g/mol. The van der Waals surface area contributed by atoms with E-state index in [9.17, 15) is 0 Å². The van der Waals surface area contributed by atoms with Gasteiger partial charge in [0.15, 0.2) is 0 Å². The van der Waals surface area contributed by atoms with E-state index in [4.69, 9.17) is 9.97 Å². The maximum absolute atomic E-state index is 4.78. The second-order valence-electron chi connectivity index (χ2n) is 5.74. The van der Waals surface area contributed by atoms with Crippen LogP contribution in [0.3, 0.4) is 0 Å². The van der Waals surface area contributed by atoms with Gasteiger partial charge in [-0.2, -0.15) is 11.8 Å². The number of nitrogens with zero attached hydrogens (tertiary/aromatic N) is 2. The Hall–Kier alpha value is -0.810. The Morgan fingerprint density at radius 3 is 2.52 bits per heavy atom. The number of fused-ring (bicyclic) bond motifs is 1. The maximum Gasteiger partial charge on any atom is 0.142 e. The largest absolute Gasteiger partial charge is 0.370 e. The van der Waals surface area contributed by atoms with Crippen LogP contribution in [-0.4, -0.2) is 21.8 Å². The first-order valence-electron chi connectivity index (χ1n) is 7.56. The molecule has 3 nitrogen and oxygen atoms in total. The van der Waals surface area contributed by atoms with Crippen molar-refractivity contribution in [2.24, 2.45) is 5.92 Å². The van der Waals surface area contributed by atoms with Gasteiger partial charge in [-0.25, -0.2) is 9.97 Å². The Labute approximate surface area is 136 Å². The summed E-state index contributed by atoms with van der Waals surface area (Å²) in [5.74, 6) is 3.50. The summed E-state index contributed by atoms with van der Waals surface area (Å²) in [5.41, 5.74) is 1.31. The van der Waals surface area contributed by atoms with Crippen LogP contribution in [0.25, 0.3) is 10.2 Å². The second-order valence-corrected chi connectivity index (χ2v) is 8.31. The van der Waals surface area contributed by atoms with E-state index >= 15 is 0 Å². The van der Waals surface area contributed by atoms with Gasteiger partial charge in [0.05, 0.1) is 11.1 Å². The molecule has 0 saturated heterocycles. The summed E-state index contributed by atoms with van der Waals surface area (Å²) in [6.45, 7) is 14.1. The smallest absolute Gasteiger partial charge is 0.142 e. The van der Waals surface area contributed by atoms with Gasteiger partial charge >= 0.3 is 0 Å². The van der Waals surface area contributed by atoms with E-state index in [2.05, 4.69) is 46.9 Å². The van der Waals surface area contributed by atoms with Crippen molar-refractivity contribution in [1.82, 2.24) is 9.97 Å². The SMILES string of the molecule is CCNc1nc(CSC(C)C(C)C)nc2sc(C)c(C)c12. The van der Waals surface area contributed by atoms with E-state index in [1.807, 2.05) is 11.8 Å². The standard InChI is InChI=1S/C16H25N3S2/c1-7-17-15-14-10(4)12(6)21-16(14)19-13(18-15)8-20-11(5)9(2)3/h9,11H,7-8H2,1-6H3,(H,17,18,19). The molecule has 0 amide bonds. The Balaban J connectivity index is 2.33. The number of anilines is 1. The van der Waals surface area contributed by atoms with E-state index in [0.29, 0.717) is 11.2 Å². The lowest BCUT2D eigenvalue weighted by Gasteiger charge is -2.14. The van der Waals surface area contributed by atoms with E-state index in [1.54, 1.807) is 11.3 Å². The molecule has 21 heavy (non-hydrogen) atoms. The summed E-state index contributed by atoms with van der Waals surface area (Å²) in [6, 6.07) is 0. The zero-order valence-electron chi connectivity index (χ0n) is 13.8. The highest BCUT2D eigenvalue weighted by atomic mass is 32.2. The molecule has 0 saturated carbocycles. The second kappa shape index (κ2) is 6.97. The van der Waals surface area contributed by atoms with E-state index in [0.717, 1.165) is 28.8 Å². The lowest BCUT2D eigenvalue weighted by molar-refractivity contribution is 0.642. The molecule has 0 fully saturated rings.